The lowest BCUT2D eigenvalue weighted by atomic mass is 10.0. The average Bonchev–Trinajstić information content (AvgIpc) is 2.65. The normalized spacial score (nSPS) is 20.5. The van der Waals surface area contributed by atoms with Gasteiger partial charge in [0, 0.05) is 0 Å². The van der Waals surface area contributed by atoms with Crippen LogP contribution in [0.25, 0.3) is 0 Å². The molecule has 1 saturated carbocycles. The molecule has 0 amide bonds. The molecule has 1 fully saturated rings. The lowest BCUT2D eigenvalue weighted by Gasteiger charge is -2.20. The maximum atomic E-state index is 8.71. The third kappa shape index (κ3) is 3.36. The lowest BCUT2D eigenvalue weighted by molar-refractivity contribution is 0.275. The first-order valence-corrected chi connectivity index (χ1v) is 5.34. The highest BCUT2D eigenvalue weighted by atomic mass is 15.1. The summed E-state index contributed by atoms with van der Waals surface area (Å²) in [6.07, 6.45) is 6.94. The summed E-state index contributed by atoms with van der Waals surface area (Å²) in [5.41, 5.74) is 0. The molecule has 1 unspecified atom stereocenters. The third-order valence-electron chi connectivity index (χ3n) is 3.21. The highest BCUT2D eigenvalue weighted by molar-refractivity contribution is 4.86. The van der Waals surface area contributed by atoms with Gasteiger partial charge in [0.2, 0.25) is 0 Å². The van der Waals surface area contributed by atoms with E-state index in [2.05, 4.69) is 11.0 Å². The Labute approximate surface area is 81.5 Å². The molecule has 0 aromatic carbocycles. The van der Waals surface area contributed by atoms with Crippen molar-refractivity contribution in [2.45, 2.75) is 45.1 Å². The van der Waals surface area contributed by atoms with Crippen LogP contribution in [-0.2, 0) is 0 Å². The van der Waals surface area contributed by atoms with E-state index in [9.17, 15) is 0 Å². The minimum absolute atomic E-state index is 0.0707. The van der Waals surface area contributed by atoms with Crippen LogP contribution in [-0.4, -0.2) is 24.5 Å². The predicted octanol–water partition coefficient (Wildman–Crippen LogP) is 2.41. The summed E-state index contributed by atoms with van der Waals surface area (Å²) in [6.45, 7) is 3.05. The summed E-state index contributed by atoms with van der Waals surface area (Å²) in [4.78, 5) is 2.15. The maximum absolute atomic E-state index is 8.71. The second-order valence-electron chi connectivity index (χ2n) is 4.22. The smallest absolute Gasteiger partial charge is 0.0946 e. The third-order valence-corrected chi connectivity index (χ3v) is 3.21. The minimum atomic E-state index is 0.0707. The van der Waals surface area contributed by atoms with Gasteiger partial charge in [-0.05, 0) is 32.9 Å². The van der Waals surface area contributed by atoms with Gasteiger partial charge in [-0.3, -0.25) is 4.90 Å². The van der Waals surface area contributed by atoms with Crippen molar-refractivity contribution in [1.29, 1.82) is 5.26 Å². The monoisotopic (exact) mass is 180 g/mol. The molecule has 0 aromatic rings. The Bertz CT molecular complexity index is 177. The molecule has 13 heavy (non-hydrogen) atoms. The summed E-state index contributed by atoms with van der Waals surface area (Å²) in [6, 6.07) is 2.34. The van der Waals surface area contributed by atoms with Crippen LogP contribution in [0.5, 0.6) is 0 Å². The number of hydrogen-bond acceptors (Lipinski definition) is 2. The van der Waals surface area contributed by atoms with Gasteiger partial charge in [0.15, 0.2) is 0 Å². The minimum Gasteiger partial charge on any atom is -0.291 e. The summed E-state index contributed by atoms with van der Waals surface area (Å²) in [5.74, 6) is 0.938. The number of nitrogens with zero attached hydrogens (tertiary/aromatic N) is 2. The van der Waals surface area contributed by atoms with Crippen molar-refractivity contribution in [3.8, 4) is 6.07 Å². The fourth-order valence-corrected chi connectivity index (χ4v) is 1.98. The molecule has 1 aliphatic rings. The first-order valence-electron chi connectivity index (χ1n) is 5.34. The molecule has 0 aliphatic heterocycles. The number of nitriles is 1. The van der Waals surface area contributed by atoms with Crippen LogP contribution in [0.1, 0.15) is 39.0 Å². The van der Waals surface area contributed by atoms with E-state index in [0.29, 0.717) is 0 Å². The van der Waals surface area contributed by atoms with Gasteiger partial charge in [0.05, 0.1) is 12.1 Å². The van der Waals surface area contributed by atoms with E-state index in [1.807, 2.05) is 14.0 Å². The van der Waals surface area contributed by atoms with Crippen LogP contribution in [0.4, 0.5) is 0 Å². The van der Waals surface area contributed by atoms with Crippen LogP contribution < -0.4 is 0 Å². The van der Waals surface area contributed by atoms with Gasteiger partial charge in [-0.25, -0.2) is 0 Å². The second kappa shape index (κ2) is 5.24. The van der Waals surface area contributed by atoms with Crippen molar-refractivity contribution in [3.05, 3.63) is 0 Å². The highest BCUT2D eigenvalue weighted by Crippen LogP contribution is 2.27. The molecule has 0 bridgehead atoms. The predicted molar refractivity (Wildman–Crippen MR) is 54.3 cm³/mol. The standard InChI is InChI=1S/C11H20N2/c1-10(9-12)13(2)8-7-11-5-3-4-6-11/h10-11H,3-8H2,1-2H3. The van der Waals surface area contributed by atoms with Gasteiger partial charge in [-0.1, -0.05) is 25.7 Å². The van der Waals surface area contributed by atoms with Crippen molar-refractivity contribution in [1.82, 2.24) is 4.90 Å². The van der Waals surface area contributed by atoms with E-state index in [1.165, 1.54) is 32.1 Å². The first-order chi connectivity index (χ1) is 6.24. The van der Waals surface area contributed by atoms with Crippen LogP contribution >= 0.6 is 0 Å². The second-order valence-corrected chi connectivity index (χ2v) is 4.22. The topological polar surface area (TPSA) is 27.0 Å². The zero-order valence-corrected chi connectivity index (χ0v) is 8.79. The van der Waals surface area contributed by atoms with E-state index in [0.717, 1.165) is 12.5 Å². The maximum Gasteiger partial charge on any atom is 0.0946 e. The lowest BCUT2D eigenvalue weighted by Crippen LogP contribution is -2.29. The first kappa shape index (κ1) is 10.5. The van der Waals surface area contributed by atoms with Crippen LogP contribution in [0.3, 0.4) is 0 Å². The summed E-state index contributed by atoms with van der Waals surface area (Å²) in [5, 5.41) is 8.71. The molecule has 1 aliphatic carbocycles. The van der Waals surface area contributed by atoms with Crippen molar-refractivity contribution in [3.63, 3.8) is 0 Å². The molecule has 0 N–H and O–H groups in total. The van der Waals surface area contributed by atoms with Crippen LogP contribution in [0.2, 0.25) is 0 Å². The Morgan fingerprint density at radius 2 is 2.08 bits per heavy atom. The van der Waals surface area contributed by atoms with Gasteiger partial charge in [-0.15, -0.1) is 0 Å². The van der Waals surface area contributed by atoms with Gasteiger partial charge in [-0.2, -0.15) is 5.26 Å². The Morgan fingerprint density at radius 1 is 1.46 bits per heavy atom. The van der Waals surface area contributed by atoms with Gasteiger partial charge >= 0.3 is 0 Å². The molecule has 1 rings (SSSR count). The molecule has 0 saturated heterocycles. The summed E-state index contributed by atoms with van der Waals surface area (Å²) >= 11 is 0. The highest BCUT2D eigenvalue weighted by Gasteiger charge is 2.16. The fourth-order valence-electron chi connectivity index (χ4n) is 1.98. The van der Waals surface area contributed by atoms with Gasteiger partial charge in [0.1, 0.15) is 0 Å². The molecular formula is C11H20N2. The Kier molecular flexibility index (Phi) is 4.24. The quantitative estimate of drug-likeness (QED) is 0.664. The molecule has 0 aromatic heterocycles. The van der Waals surface area contributed by atoms with E-state index in [1.54, 1.807) is 0 Å². The molecule has 0 spiro atoms. The molecule has 2 nitrogen and oxygen atoms in total. The SMILES string of the molecule is CC(C#N)N(C)CCC1CCCC1. The van der Waals surface area contributed by atoms with Gasteiger partial charge < -0.3 is 0 Å². The van der Waals surface area contributed by atoms with Crippen molar-refractivity contribution < 1.29 is 0 Å². The van der Waals surface area contributed by atoms with E-state index in [4.69, 9.17) is 5.26 Å². The molecular weight excluding hydrogens is 160 g/mol. The Balaban J connectivity index is 2.14. The Hall–Kier alpha value is -0.550. The fraction of sp³-hybridized carbons (Fsp3) is 0.909. The van der Waals surface area contributed by atoms with Crippen LogP contribution in [0.15, 0.2) is 0 Å². The molecule has 74 valence electrons. The summed E-state index contributed by atoms with van der Waals surface area (Å²) in [7, 11) is 2.04. The van der Waals surface area contributed by atoms with Crippen molar-refractivity contribution in [2.75, 3.05) is 13.6 Å². The van der Waals surface area contributed by atoms with Crippen LogP contribution in [0, 0.1) is 17.2 Å². The molecule has 2 heteroatoms. The average molecular weight is 180 g/mol. The zero-order chi connectivity index (χ0) is 9.68. The van der Waals surface area contributed by atoms with E-state index >= 15 is 0 Å². The number of hydrogen-bond donors (Lipinski definition) is 0. The molecule has 1 atom stereocenters. The van der Waals surface area contributed by atoms with Crippen molar-refractivity contribution in [2.24, 2.45) is 5.92 Å². The number of rotatable bonds is 4. The zero-order valence-electron chi connectivity index (χ0n) is 8.79. The molecule has 0 radical (unpaired) electrons. The van der Waals surface area contributed by atoms with Gasteiger partial charge in [0.25, 0.3) is 0 Å². The largest absolute Gasteiger partial charge is 0.291 e. The molecule has 0 heterocycles. The van der Waals surface area contributed by atoms with Crippen molar-refractivity contribution >= 4 is 0 Å². The summed E-state index contributed by atoms with van der Waals surface area (Å²) < 4.78 is 0. The Morgan fingerprint density at radius 3 is 2.62 bits per heavy atom. The van der Waals surface area contributed by atoms with E-state index < -0.39 is 0 Å². The van der Waals surface area contributed by atoms with E-state index in [-0.39, 0.29) is 6.04 Å².